The Bertz CT molecular complexity index is 944. The van der Waals surface area contributed by atoms with Crippen molar-refractivity contribution >= 4 is 29.5 Å². The van der Waals surface area contributed by atoms with E-state index in [-0.39, 0.29) is 5.78 Å². The summed E-state index contributed by atoms with van der Waals surface area (Å²) in [5.41, 5.74) is 0.905. The molecule has 2 aromatic carbocycles. The molecule has 0 saturated heterocycles. The third kappa shape index (κ3) is 7.09. The number of hydrogen-bond acceptors (Lipinski definition) is 6. The van der Waals surface area contributed by atoms with Gasteiger partial charge in [0.05, 0.1) is 7.11 Å². The third-order valence-corrected chi connectivity index (χ3v) is 6.61. The number of Topliss-reactive ketones (excluding diaryl/α,β-unsaturated/α-hetero) is 1. The number of allylic oxidation sites excluding steroid dienone is 1. The second-order valence-electron chi connectivity index (χ2n) is 7.85. The molecule has 0 amide bonds. The number of rotatable bonds is 8. The van der Waals surface area contributed by atoms with E-state index in [0.717, 1.165) is 42.4 Å². The monoisotopic (exact) mass is 452 g/mol. The summed E-state index contributed by atoms with van der Waals surface area (Å²) >= 11 is 1.62. The van der Waals surface area contributed by atoms with Crippen molar-refractivity contribution in [1.29, 1.82) is 0 Å². The molecule has 6 heteroatoms. The molecule has 5 nitrogen and oxygen atoms in total. The zero-order chi connectivity index (χ0) is 22.8. The average molecular weight is 453 g/mol. The minimum atomic E-state index is -1.13. The summed E-state index contributed by atoms with van der Waals surface area (Å²) in [4.78, 5) is 38.4. The second kappa shape index (κ2) is 12.2. The standard InChI is InChI=1S/C26H28O5S/c1-30-25(28)26(29)31-18-21(13-12-19-8-4-2-5-9-19)24(27)20-14-16-23(17-15-20)32-22-10-6-3-7-11-22/h3,6-7,10-11,14-19H,2,4-5,8-9,12-13H2,1H3. The third-order valence-electron chi connectivity index (χ3n) is 5.59. The number of carbonyl (C=O) groups excluding carboxylic acids is 3. The Morgan fingerprint density at radius 3 is 2.22 bits per heavy atom. The van der Waals surface area contributed by atoms with Crippen LogP contribution in [0.1, 0.15) is 55.3 Å². The fourth-order valence-corrected chi connectivity index (χ4v) is 4.64. The molecule has 2 aromatic rings. The summed E-state index contributed by atoms with van der Waals surface area (Å²) in [6.45, 7) is 0. The van der Waals surface area contributed by atoms with E-state index in [9.17, 15) is 14.4 Å². The van der Waals surface area contributed by atoms with Crippen LogP contribution in [0.5, 0.6) is 0 Å². The molecule has 1 aliphatic rings. The number of hydrogen-bond donors (Lipinski definition) is 0. The smallest absolute Gasteiger partial charge is 0.422 e. The summed E-state index contributed by atoms with van der Waals surface area (Å²) in [6.07, 6.45) is 8.50. The Labute approximate surface area is 193 Å². The van der Waals surface area contributed by atoms with Crippen LogP contribution >= 0.6 is 11.8 Å². The van der Waals surface area contributed by atoms with Crippen LogP contribution in [-0.2, 0) is 19.1 Å². The van der Waals surface area contributed by atoms with Crippen LogP contribution in [0.3, 0.4) is 0 Å². The number of methoxy groups -OCH3 is 1. The van der Waals surface area contributed by atoms with Crippen LogP contribution in [0.25, 0.3) is 0 Å². The van der Waals surface area contributed by atoms with Gasteiger partial charge in [0.1, 0.15) is 6.26 Å². The highest BCUT2D eigenvalue weighted by molar-refractivity contribution is 7.99. The molecule has 1 fully saturated rings. The lowest BCUT2D eigenvalue weighted by Crippen LogP contribution is -2.17. The Morgan fingerprint density at radius 1 is 0.906 bits per heavy atom. The molecule has 0 radical (unpaired) electrons. The molecule has 0 unspecified atom stereocenters. The Morgan fingerprint density at radius 2 is 1.56 bits per heavy atom. The van der Waals surface area contributed by atoms with Gasteiger partial charge < -0.3 is 9.47 Å². The molecule has 0 bridgehead atoms. The highest BCUT2D eigenvalue weighted by Gasteiger charge is 2.20. The first-order valence-corrected chi connectivity index (χ1v) is 11.7. The maximum Gasteiger partial charge on any atom is 0.422 e. The normalized spacial score (nSPS) is 14.6. The van der Waals surface area contributed by atoms with Crippen molar-refractivity contribution in [3.63, 3.8) is 0 Å². The molecule has 1 aliphatic carbocycles. The maximum absolute atomic E-state index is 13.2. The molecule has 0 atom stereocenters. The van der Waals surface area contributed by atoms with Crippen LogP contribution in [0.4, 0.5) is 0 Å². The summed E-state index contributed by atoms with van der Waals surface area (Å²) in [7, 11) is 1.11. The van der Waals surface area contributed by atoms with Gasteiger partial charge in [0.2, 0.25) is 0 Å². The predicted octanol–water partition coefficient (Wildman–Crippen LogP) is 5.98. The zero-order valence-electron chi connectivity index (χ0n) is 18.3. The Kier molecular flexibility index (Phi) is 9.11. The largest absolute Gasteiger partial charge is 0.461 e. The Hall–Kier alpha value is -2.86. The molecule has 3 rings (SSSR count). The quantitative estimate of drug-likeness (QED) is 0.161. The summed E-state index contributed by atoms with van der Waals surface area (Å²) in [6, 6.07) is 17.4. The molecule has 0 N–H and O–H groups in total. The minimum Gasteiger partial charge on any atom is -0.461 e. The van der Waals surface area contributed by atoms with E-state index in [4.69, 9.17) is 4.74 Å². The van der Waals surface area contributed by atoms with Gasteiger partial charge in [-0.15, -0.1) is 0 Å². The number of carbonyl (C=O) groups is 3. The van der Waals surface area contributed by atoms with E-state index >= 15 is 0 Å². The van der Waals surface area contributed by atoms with Crippen molar-refractivity contribution in [2.24, 2.45) is 5.92 Å². The SMILES string of the molecule is COC(=O)C(=O)OC=C(CCC1CCCCC1)C(=O)c1ccc(Sc2ccccc2)cc1. The molecule has 32 heavy (non-hydrogen) atoms. The Balaban J connectivity index is 1.70. The first-order chi connectivity index (χ1) is 15.6. The summed E-state index contributed by atoms with van der Waals surface area (Å²) in [5, 5.41) is 0. The molecule has 0 aliphatic heterocycles. The van der Waals surface area contributed by atoms with E-state index < -0.39 is 11.9 Å². The van der Waals surface area contributed by atoms with E-state index in [2.05, 4.69) is 4.74 Å². The number of esters is 2. The molecule has 0 aromatic heterocycles. The van der Waals surface area contributed by atoms with Crippen molar-refractivity contribution in [1.82, 2.24) is 0 Å². The molecule has 0 heterocycles. The molecule has 1 saturated carbocycles. The number of ketones is 1. The van der Waals surface area contributed by atoms with E-state index in [1.54, 1.807) is 23.9 Å². The topological polar surface area (TPSA) is 69.7 Å². The van der Waals surface area contributed by atoms with Gasteiger partial charge in [-0.3, -0.25) is 4.79 Å². The summed E-state index contributed by atoms with van der Waals surface area (Å²) in [5.74, 6) is -1.86. The van der Waals surface area contributed by atoms with E-state index in [1.807, 2.05) is 42.5 Å². The molecule has 0 spiro atoms. The lowest BCUT2D eigenvalue weighted by atomic mass is 9.84. The van der Waals surface area contributed by atoms with E-state index in [0.29, 0.717) is 23.5 Å². The average Bonchev–Trinajstić information content (AvgIpc) is 2.84. The van der Waals surface area contributed by atoms with Crippen molar-refractivity contribution in [3.05, 3.63) is 72.0 Å². The lowest BCUT2D eigenvalue weighted by molar-refractivity contribution is -0.162. The fraction of sp³-hybridized carbons (Fsp3) is 0.346. The highest BCUT2D eigenvalue weighted by Crippen LogP contribution is 2.30. The van der Waals surface area contributed by atoms with Gasteiger partial charge in [0.25, 0.3) is 0 Å². The molecular formula is C26H28O5S. The van der Waals surface area contributed by atoms with Crippen LogP contribution in [0.15, 0.2) is 76.2 Å². The van der Waals surface area contributed by atoms with Gasteiger partial charge in [-0.1, -0.05) is 62.1 Å². The zero-order valence-corrected chi connectivity index (χ0v) is 19.1. The van der Waals surface area contributed by atoms with Crippen LogP contribution in [0, 0.1) is 5.92 Å². The fourth-order valence-electron chi connectivity index (χ4n) is 3.80. The first kappa shape index (κ1) is 23.8. The second-order valence-corrected chi connectivity index (χ2v) is 9.00. The lowest BCUT2D eigenvalue weighted by Gasteiger charge is -2.21. The van der Waals surface area contributed by atoms with Gasteiger partial charge in [-0.25, -0.2) is 9.59 Å². The van der Waals surface area contributed by atoms with Crippen molar-refractivity contribution in [2.45, 2.75) is 54.7 Å². The van der Waals surface area contributed by atoms with Gasteiger partial charge in [-0.2, -0.15) is 0 Å². The van der Waals surface area contributed by atoms with Gasteiger partial charge in [0.15, 0.2) is 5.78 Å². The molecule has 168 valence electrons. The van der Waals surface area contributed by atoms with Gasteiger partial charge >= 0.3 is 11.9 Å². The number of ether oxygens (including phenoxy) is 2. The minimum absolute atomic E-state index is 0.199. The van der Waals surface area contributed by atoms with Crippen LogP contribution < -0.4 is 0 Å². The number of benzene rings is 2. The highest BCUT2D eigenvalue weighted by atomic mass is 32.2. The first-order valence-electron chi connectivity index (χ1n) is 10.9. The van der Waals surface area contributed by atoms with Crippen LogP contribution in [0.2, 0.25) is 0 Å². The van der Waals surface area contributed by atoms with Gasteiger partial charge in [0, 0.05) is 20.9 Å². The van der Waals surface area contributed by atoms with Crippen molar-refractivity contribution < 1.29 is 23.9 Å². The predicted molar refractivity (Wildman–Crippen MR) is 123 cm³/mol. The van der Waals surface area contributed by atoms with Crippen molar-refractivity contribution in [2.75, 3.05) is 7.11 Å². The van der Waals surface area contributed by atoms with E-state index in [1.165, 1.54) is 19.3 Å². The summed E-state index contributed by atoms with van der Waals surface area (Å²) < 4.78 is 9.32. The maximum atomic E-state index is 13.2. The molecular weight excluding hydrogens is 424 g/mol. The van der Waals surface area contributed by atoms with Crippen molar-refractivity contribution in [3.8, 4) is 0 Å². The van der Waals surface area contributed by atoms with Gasteiger partial charge in [-0.05, 0) is 55.2 Å². The van der Waals surface area contributed by atoms with Crippen LogP contribution in [-0.4, -0.2) is 24.8 Å².